The number of alkyl carbamates (subject to hydrolysis) is 1. The average Bonchev–Trinajstić information content (AvgIpc) is 3.43. The number of nitrogens with one attached hydrogen (secondary N) is 1. The lowest BCUT2D eigenvalue weighted by molar-refractivity contribution is 0.0526. The van der Waals surface area contributed by atoms with Gasteiger partial charge in [-0.15, -0.1) is 0 Å². The monoisotopic (exact) mass is 450 g/mol. The summed E-state index contributed by atoms with van der Waals surface area (Å²) in [6.45, 7) is 2.35. The molecule has 0 unspecified atom stereocenters. The van der Waals surface area contributed by atoms with E-state index in [1.807, 2.05) is 60.1 Å². The molecule has 2 aromatic carbocycles. The molecular formula is C26H30N2O5. The summed E-state index contributed by atoms with van der Waals surface area (Å²) in [4.78, 5) is 25.1. The number of rotatable bonds is 8. The first-order valence-corrected chi connectivity index (χ1v) is 11.5. The van der Waals surface area contributed by atoms with Crippen LogP contribution in [-0.4, -0.2) is 29.3 Å². The quantitative estimate of drug-likeness (QED) is 0.483. The van der Waals surface area contributed by atoms with Gasteiger partial charge in [0.25, 0.3) is 0 Å². The van der Waals surface area contributed by atoms with Gasteiger partial charge in [-0.3, -0.25) is 0 Å². The van der Waals surface area contributed by atoms with Crippen molar-refractivity contribution in [3.63, 3.8) is 0 Å². The van der Waals surface area contributed by atoms with Gasteiger partial charge in [0.05, 0.1) is 36.0 Å². The fourth-order valence-electron chi connectivity index (χ4n) is 4.31. The van der Waals surface area contributed by atoms with Crippen LogP contribution in [0, 0.1) is 0 Å². The van der Waals surface area contributed by atoms with E-state index in [2.05, 4.69) is 5.32 Å². The first kappa shape index (κ1) is 22.7. The first-order chi connectivity index (χ1) is 16.1. The van der Waals surface area contributed by atoms with Gasteiger partial charge in [0, 0.05) is 18.5 Å². The number of hydrogen-bond acceptors (Lipinski definition) is 5. The zero-order valence-corrected chi connectivity index (χ0v) is 19.1. The predicted octanol–water partition coefficient (Wildman–Crippen LogP) is 5.10. The van der Waals surface area contributed by atoms with Gasteiger partial charge in [-0.05, 0) is 50.3 Å². The number of carbonyl (C=O) groups excluding carboxylic acids is 2. The molecule has 1 amide bonds. The zero-order valence-electron chi connectivity index (χ0n) is 19.1. The van der Waals surface area contributed by atoms with Crippen molar-refractivity contribution in [2.75, 3.05) is 6.61 Å². The number of carbonyl (C=O) groups is 2. The lowest BCUT2D eigenvalue weighted by Crippen LogP contribution is -2.26. The van der Waals surface area contributed by atoms with Crippen molar-refractivity contribution in [1.29, 1.82) is 0 Å². The van der Waals surface area contributed by atoms with Gasteiger partial charge in [0.15, 0.2) is 0 Å². The van der Waals surface area contributed by atoms with Crippen LogP contribution in [0.2, 0.25) is 0 Å². The largest absolute Gasteiger partial charge is 0.490 e. The molecular weight excluding hydrogens is 420 g/mol. The molecule has 0 atom stereocenters. The van der Waals surface area contributed by atoms with Crippen molar-refractivity contribution in [3.05, 3.63) is 65.4 Å². The highest BCUT2D eigenvalue weighted by molar-refractivity contribution is 6.06. The summed E-state index contributed by atoms with van der Waals surface area (Å²) >= 11 is 0. The van der Waals surface area contributed by atoms with Crippen LogP contribution in [-0.2, 0) is 29.7 Å². The van der Waals surface area contributed by atoms with Crippen LogP contribution < -0.4 is 10.1 Å². The van der Waals surface area contributed by atoms with E-state index in [9.17, 15) is 9.59 Å². The van der Waals surface area contributed by atoms with Crippen LogP contribution in [0.1, 0.15) is 54.2 Å². The standard InChI is InChI=1S/C26H30N2O5/c1-3-31-25(29)24-21-14-13-20(33-19-11-7-8-12-19)15-22(21)28(2)23(24)16-27-26(30)32-17-18-9-5-4-6-10-18/h4-6,9-10,13-15,19H,3,7-8,11-12,16-17H2,1-2H3,(H,27,30). The molecule has 4 rings (SSSR count). The van der Waals surface area contributed by atoms with Gasteiger partial charge < -0.3 is 24.1 Å². The highest BCUT2D eigenvalue weighted by Gasteiger charge is 2.24. The number of esters is 1. The van der Waals surface area contributed by atoms with E-state index >= 15 is 0 Å². The second-order valence-electron chi connectivity index (χ2n) is 8.22. The highest BCUT2D eigenvalue weighted by Crippen LogP contribution is 2.31. The Morgan fingerprint density at radius 1 is 1.06 bits per heavy atom. The minimum absolute atomic E-state index is 0.131. The van der Waals surface area contributed by atoms with Crippen LogP contribution in [0.4, 0.5) is 4.79 Å². The Hall–Kier alpha value is -3.48. The number of ether oxygens (including phenoxy) is 3. The van der Waals surface area contributed by atoms with E-state index in [0.717, 1.165) is 35.1 Å². The number of aromatic nitrogens is 1. The third-order valence-corrected chi connectivity index (χ3v) is 5.99. The van der Waals surface area contributed by atoms with Crippen molar-refractivity contribution in [3.8, 4) is 5.75 Å². The number of hydrogen-bond donors (Lipinski definition) is 1. The molecule has 1 aliphatic rings. The maximum atomic E-state index is 12.8. The molecule has 174 valence electrons. The van der Waals surface area contributed by atoms with E-state index < -0.39 is 12.1 Å². The van der Waals surface area contributed by atoms with Gasteiger partial charge >= 0.3 is 12.1 Å². The number of fused-ring (bicyclic) bond motifs is 1. The Morgan fingerprint density at radius 2 is 1.82 bits per heavy atom. The Morgan fingerprint density at radius 3 is 2.55 bits per heavy atom. The molecule has 0 aliphatic heterocycles. The molecule has 7 heteroatoms. The van der Waals surface area contributed by atoms with Gasteiger partial charge in [0.2, 0.25) is 0 Å². The molecule has 0 radical (unpaired) electrons. The molecule has 1 aromatic heterocycles. The van der Waals surface area contributed by atoms with Crippen LogP contribution >= 0.6 is 0 Å². The summed E-state index contributed by atoms with van der Waals surface area (Å²) in [7, 11) is 1.87. The molecule has 0 saturated heterocycles. The topological polar surface area (TPSA) is 78.8 Å². The van der Waals surface area contributed by atoms with E-state index in [1.165, 1.54) is 12.8 Å². The van der Waals surface area contributed by atoms with Crippen molar-refractivity contribution < 1.29 is 23.8 Å². The summed E-state index contributed by atoms with van der Waals surface area (Å²) in [5.41, 5.74) is 2.85. The van der Waals surface area contributed by atoms with Gasteiger partial charge in [-0.2, -0.15) is 0 Å². The SMILES string of the molecule is CCOC(=O)c1c(CNC(=O)OCc2ccccc2)n(C)c2cc(OC3CCCC3)ccc12. The van der Waals surface area contributed by atoms with E-state index in [-0.39, 0.29) is 25.9 Å². The minimum Gasteiger partial charge on any atom is -0.490 e. The lowest BCUT2D eigenvalue weighted by Gasteiger charge is -2.13. The molecule has 0 spiro atoms. The summed E-state index contributed by atoms with van der Waals surface area (Å²) in [6, 6.07) is 15.2. The van der Waals surface area contributed by atoms with Crippen LogP contribution in [0.15, 0.2) is 48.5 Å². The average molecular weight is 451 g/mol. The summed E-state index contributed by atoms with van der Waals surface area (Å²) in [5, 5.41) is 3.53. The molecule has 1 saturated carbocycles. The Labute approximate surface area is 193 Å². The van der Waals surface area contributed by atoms with E-state index in [4.69, 9.17) is 14.2 Å². The van der Waals surface area contributed by atoms with Crippen molar-refractivity contribution in [2.24, 2.45) is 7.05 Å². The second kappa shape index (κ2) is 10.4. The smallest absolute Gasteiger partial charge is 0.407 e. The molecule has 1 aliphatic carbocycles. The van der Waals surface area contributed by atoms with Crippen LogP contribution in [0.3, 0.4) is 0 Å². The van der Waals surface area contributed by atoms with Crippen molar-refractivity contribution >= 4 is 23.0 Å². The van der Waals surface area contributed by atoms with Gasteiger partial charge in [-0.1, -0.05) is 30.3 Å². The fourth-order valence-corrected chi connectivity index (χ4v) is 4.31. The van der Waals surface area contributed by atoms with Crippen molar-refractivity contribution in [1.82, 2.24) is 9.88 Å². The maximum Gasteiger partial charge on any atom is 0.407 e. The number of aryl methyl sites for hydroxylation is 1. The van der Waals surface area contributed by atoms with Gasteiger partial charge in [-0.25, -0.2) is 9.59 Å². The van der Waals surface area contributed by atoms with E-state index in [1.54, 1.807) is 6.92 Å². The summed E-state index contributed by atoms with van der Waals surface area (Å²) < 4.78 is 18.7. The Balaban J connectivity index is 1.54. The normalized spacial score (nSPS) is 13.8. The predicted molar refractivity (Wildman–Crippen MR) is 125 cm³/mol. The third-order valence-electron chi connectivity index (χ3n) is 5.99. The molecule has 1 N–H and O–H groups in total. The zero-order chi connectivity index (χ0) is 23.2. The highest BCUT2D eigenvalue weighted by atomic mass is 16.5. The Bertz CT molecular complexity index is 1120. The molecule has 1 heterocycles. The molecule has 3 aromatic rings. The first-order valence-electron chi connectivity index (χ1n) is 11.5. The number of nitrogens with zero attached hydrogens (tertiary/aromatic N) is 1. The van der Waals surface area contributed by atoms with Crippen LogP contribution in [0.25, 0.3) is 10.9 Å². The number of benzene rings is 2. The fraction of sp³-hybridized carbons (Fsp3) is 0.385. The third kappa shape index (κ3) is 5.30. The Kier molecular flexibility index (Phi) is 7.17. The lowest BCUT2D eigenvalue weighted by atomic mass is 10.1. The molecule has 1 fully saturated rings. The van der Waals surface area contributed by atoms with Gasteiger partial charge in [0.1, 0.15) is 12.4 Å². The second-order valence-corrected chi connectivity index (χ2v) is 8.22. The van der Waals surface area contributed by atoms with E-state index in [0.29, 0.717) is 11.3 Å². The maximum absolute atomic E-state index is 12.8. The molecule has 7 nitrogen and oxygen atoms in total. The molecule has 0 bridgehead atoms. The molecule has 33 heavy (non-hydrogen) atoms. The summed E-state index contributed by atoms with van der Waals surface area (Å²) in [6.07, 6.45) is 4.22. The van der Waals surface area contributed by atoms with Crippen LogP contribution in [0.5, 0.6) is 5.75 Å². The minimum atomic E-state index is -0.552. The van der Waals surface area contributed by atoms with Crippen molar-refractivity contribution in [2.45, 2.75) is 51.9 Å². The number of amides is 1. The summed E-state index contributed by atoms with van der Waals surface area (Å²) in [5.74, 6) is 0.370.